The molecule has 0 bridgehead atoms. The Hall–Kier alpha value is -3.32. The predicted molar refractivity (Wildman–Crippen MR) is 132 cm³/mol. The van der Waals surface area contributed by atoms with Crippen molar-refractivity contribution in [2.75, 3.05) is 6.54 Å². The number of aliphatic hydroxyl groups is 1. The summed E-state index contributed by atoms with van der Waals surface area (Å²) in [5.74, 6) is 0. The fraction of sp³-hybridized carbons (Fsp3) is 0.407. The van der Waals surface area contributed by atoms with Crippen LogP contribution in [0.4, 0.5) is 9.59 Å². The third-order valence-electron chi connectivity index (χ3n) is 4.78. The van der Waals surface area contributed by atoms with E-state index in [0.717, 1.165) is 11.1 Å². The monoisotopic (exact) mass is 468 g/mol. The molecule has 184 valence electrons. The van der Waals surface area contributed by atoms with Gasteiger partial charge in [-0.3, -0.25) is 0 Å². The Morgan fingerprint density at radius 3 is 2.21 bits per heavy atom. The smallest absolute Gasteiger partial charge is 0.407 e. The largest absolute Gasteiger partial charge is 0.445 e. The minimum atomic E-state index is -0.892. The summed E-state index contributed by atoms with van der Waals surface area (Å²) in [4.78, 5) is 24.0. The molecule has 7 nitrogen and oxygen atoms in total. The van der Waals surface area contributed by atoms with Crippen LogP contribution in [0.15, 0.2) is 72.8 Å². The number of aliphatic hydroxyl groups excluding tert-OH is 1. The van der Waals surface area contributed by atoms with Crippen molar-refractivity contribution in [2.45, 2.75) is 64.4 Å². The van der Waals surface area contributed by atoms with Gasteiger partial charge >= 0.3 is 12.2 Å². The van der Waals surface area contributed by atoms with E-state index in [1.807, 2.05) is 66.7 Å². The van der Waals surface area contributed by atoms with Gasteiger partial charge in [-0.1, -0.05) is 72.8 Å². The van der Waals surface area contributed by atoms with Gasteiger partial charge in [0.05, 0.1) is 12.1 Å². The van der Waals surface area contributed by atoms with Gasteiger partial charge in [0, 0.05) is 6.54 Å². The Morgan fingerprint density at radius 2 is 1.59 bits per heavy atom. The zero-order chi connectivity index (χ0) is 24.8. The van der Waals surface area contributed by atoms with E-state index in [-0.39, 0.29) is 6.61 Å². The lowest BCUT2D eigenvalue weighted by atomic mass is 10.0. The lowest BCUT2D eigenvalue weighted by Crippen LogP contribution is -2.46. The second kappa shape index (κ2) is 14.1. The molecule has 0 aliphatic heterocycles. The van der Waals surface area contributed by atoms with Crippen LogP contribution in [-0.4, -0.2) is 41.6 Å². The molecule has 7 heteroatoms. The molecular formula is C27H36N2O5. The highest BCUT2D eigenvalue weighted by molar-refractivity contribution is 5.68. The van der Waals surface area contributed by atoms with Crippen molar-refractivity contribution in [2.24, 2.45) is 0 Å². The summed E-state index contributed by atoms with van der Waals surface area (Å²) in [6.07, 6.45) is 3.38. The maximum atomic E-state index is 12.3. The second-order valence-electron chi connectivity index (χ2n) is 8.99. The molecule has 0 aliphatic rings. The molecule has 0 saturated heterocycles. The van der Waals surface area contributed by atoms with Crippen LogP contribution in [0.3, 0.4) is 0 Å². The van der Waals surface area contributed by atoms with E-state index in [2.05, 4.69) is 10.6 Å². The Balaban J connectivity index is 1.76. The van der Waals surface area contributed by atoms with Crippen LogP contribution < -0.4 is 10.6 Å². The van der Waals surface area contributed by atoms with E-state index < -0.39 is 29.9 Å². The third-order valence-corrected chi connectivity index (χ3v) is 4.78. The average Bonchev–Trinajstić information content (AvgIpc) is 2.79. The molecule has 3 N–H and O–H groups in total. The number of hydrogen-bond donors (Lipinski definition) is 3. The van der Waals surface area contributed by atoms with Gasteiger partial charge in [-0.2, -0.15) is 0 Å². The summed E-state index contributed by atoms with van der Waals surface area (Å²) in [6, 6.07) is 18.6. The first-order valence-corrected chi connectivity index (χ1v) is 11.6. The molecule has 2 amide bonds. The summed E-state index contributed by atoms with van der Waals surface area (Å²) in [7, 11) is 0. The number of benzene rings is 2. The number of alkyl carbamates (subject to hydrolysis) is 2. The molecule has 2 atom stereocenters. The molecule has 0 radical (unpaired) electrons. The maximum absolute atomic E-state index is 12.3. The Kier molecular flexibility index (Phi) is 11.1. The van der Waals surface area contributed by atoms with Gasteiger partial charge in [-0.15, -0.1) is 0 Å². The first-order chi connectivity index (χ1) is 16.2. The molecule has 0 unspecified atom stereocenters. The Labute approximate surface area is 202 Å². The highest BCUT2D eigenvalue weighted by Gasteiger charge is 2.23. The second-order valence-corrected chi connectivity index (χ2v) is 8.99. The number of amides is 2. The number of allylic oxidation sites excluding steroid dienone is 1. The summed E-state index contributed by atoms with van der Waals surface area (Å²) in [5, 5.41) is 16.2. The van der Waals surface area contributed by atoms with Crippen LogP contribution in [0.25, 0.3) is 0 Å². The molecular weight excluding hydrogens is 432 g/mol. The lowest BCUT2D eigenvalue weighted by Gasteiger charge is -2.25. The quantitative estimate of drug-likeness (QED) is 0.327. The standard InChI is InChI=1S/C27H36N2O5/c1-27(2,3)34-26(32)29-23(19-21-13-7-4-8-14-21)24(30)17-11-6-12-18-28-25(31)33-20-22-15-9-5-10-16-22/h4-5,7-11,13-17,23-24,30H,6,12,18-20H2,1-3H3,(H,28,31)(H,29,32)/b17-11+/t23-,24-/m0/s1. The molecule has 2 aromatic rings. The van der Waals surface area contributed by atoms with Gasteiger partial charge in [0.2, 0.25) is 0 Å². The van der Waals surface area contributed by atoms with Crippen molar-refractivity contribution in [3.05, 3.63) is 83.9 Å². The molecule has 0 aliphatic carbocycles. The molecule has 34 heavy (non-hydrogen) atoms. The van der Waals surface area contributed by atoms with Gasteiger partial charge in [0.25, 0.3) is 0 Å². The van der Waals surface area contributed by atoms with E-state index in [4.69, 9.17) is 9.47 Å². The first-order valence-electron chi connectivity index (χ1n) is 11.6. The molecule has 2 aromatic carbocycles. The number of rotatable bonds is 11. The summed E-state index contributed by atoms with van der Waals surface area (Å²) in [5.41, 5.74) is 1.30. The van der Waals surface area contributed by atoms with E-state index in [1.54, 1.807) is 26.8 Å². The van der Waals surface area contributed by atoms with Crippen LogP contribution >= 0.6 is 0 Å². The van der Waals surface area contributed by atoms with Crippen LogP contribution in [0.1, 0.15) is 44.7 Å². The Morgan fingerprint density at radius 1 is 0.971 bits per heavy atom. The topological polar surface area (TPSA) is 96.9 Å². The Bertz CT molecular complexity index is 894. The SMILES string of the molecule is CC(C)(C)OC(=O)N[C@@H](Cc1ccccc1)[C@@H](O)/C=C/CCCNC(=O)OCc1ccccc1. The number of nitrogens with one attached hydrogen (secondary N) is 2. The minimum absolute atomic E-state index is 0.228. The van der Waals surface area contributed by atoms with Gasteiger partial charge in [0.1, 0.15) is 12.2 Å². The van der Waals surface area contributed by atoms with Gasteiger partial charge in [0.15, 0.2) is 0 Å². The zero-order valence-electron chi connectivity index (χ0n) is 20.2. The van der Waals surface area contributed by atoms with Gasteiger partial charge in [-0.05, 0) is 51.2 Å². The van der Waals surface area contributed by atoms with Crippen molar-refractivity contribution in [3.63, 3.8) is 0 Å². The lowest BCUT2D eigenvalue weighted by molar-refractivity contribution is 0.0455. The maximum Gasteiger partial charge on any atom is 0.407 e. The van der Waals surface area contributed by atoms with E-state index in [1.165, 1.54) is 0 Å². The summed E-state index contributed by atoms with van der Waals surface area (Å²) < 4.78 is 10.5. The van der Waals surface area contributed by atoms with Crippen molar-refractivity contribution >= 4 is 12.2 Å². The number of carbonyl (C=O) groups excluding carboxylic acids is 2. The van der Waals surface area contributed by atoms with Crippen molar-refractivity contribution in [1.29, 1.82) is 0 Å². The minimum Gasteiger partial charge on any atom is -0.445 e. The fourth-order valence-electron chi connectivity index (χ4n) is 3.14. The van der Waals surface area contributed by atoms with E-state index in [9.17, 15) is 14.7 Å². The van der Waals surface area contributed by atoms with E-state index >= 15 is 0 Å². The molecule has 0 heterocycles. The van der Waals surface area contributed by atoms with Crippen LogP contribution in [0.5, 0.6) is 0 Å². The molecule has 0 aromatic heterocycles. The number of carbonyl (C=O) groups is 2. The number of unbranched alkanes of at least 4 members (excludes halogenated alkanes) is 1. The third kappa shape index (κ3) is 11.5. The van der Waals surface area contributed by atoms with Crippen molar-refractivity contribution in [3.8, 4) is 0 Å². The van der Waals surface area contributed by atoms with Crippen LogP contribution in [0.2, 0.25) is 0 Å². The molecule has 2 rings (SSSR count). The van der Waals surface area contributed by atoms with Crippen molar-refractivity contribution < 1.29 is 24.2 Å². The van der Waals surface area contributed by atoms with Crippen LogP contribution in [0, 0.1) is 0 Å². The molecule has 0 fully saturated rings. The molecule has 0 saturated carbocycles. The molecule has 0 spiro atoms. The van der Waals surface area contributed by atoms with Gasteiger partial charge < -0.3 is 25.2 Å². The zero-order valence-corrected chi connectivity index (χ0v) is 20.2. The number of hydrogen-bond acceptors (Lipinski definition) is 5. The highest BCUT2D eigenvalue weighted by Crippen LogP contribution is 2.11. The number of ether oxygens (including phenoxy) is 2. The fourth-order valence-corrected chi connectivity index (χ4v) is 3.14. The van der Waals surface area contributed by atoms with Crippen molar-refractivity contribution in [1.82, 2.24) is 10.6 Å². The normalized spacial score (nSPS) is 13.2. The summed E-state index contributed by atoms with van der Waals surface area (Å²) in [6.45, 7) is 6.06. The average molecular weight is 469 g/mol. The van der Waals surface area contributed by atoms with Gasteiger partial charge in [-0.25, -0.2) is 9.59 Å². The highest BCUT2D eigenvalue weighted by atomic mass is 16.6. The first kappa shape index (κ1) is 26.9. The van der Waals surface area contributed by atoms with Crippen LogP contribution in [-0.2, 0) is 22.5 Å². The summed E-state index contributed by atoms with van der Waals surface area (Å²) >= 11 is 0. The van der Waals surface area contributed by atoms with E-state index in [0.29, 0.717) is 25.8 Å². The predicted octanol–water partition coefficient (Wildman–Crippen LogP) is 4.75.